The molecule has 1 aromatic carbocycles. The van der Waals surface area contributed by atoms with E-state index in [1.54, 1.807) is 0 Å². The highest BCUT2D eigenvalue weighted by atomic mass is 35.5. The van der Waals surface area contributed by atoms with Gasteiger partial charge in [-0.3, -0.25) is 0 Å². The number of benzene rings is 1. The number of hydrogen-bond acceptors (Lipinski definition) is 3. The zero-order valence-electron chi connectivity index (χ0n) is 9.36. The first-order chi connectivity index (χ1) is 7.75. The van der Waals surface area contributed by atoms with Crippen molar-refractivity contribution in [3.05, 3.63) is 29.3 Å². The fourth-order valence-corrected chi connectivity index (χ4v) is 1.87. The molecule has 1 aromatic rings. The lowest BCUT2D eigenvalue weighted by Crippen LogP contribution is -2.38. The van der Waals surface area contributed by atoms with Gasteiger partial charge in [0.05, 0.1) is 25.9 Å². The maximum atomic E-state index is 5.85. The molecule has 0 unspecified atom stereocenters. The molecule has 16 heavy (non-hydrogen) atoms. The molecule has 0 radical (unpaired) electrons. The normalized spacial score (nSPS) is 20.8. The fourth-order valence-electron chi connectivity index (χ4n) is 1.75. The summed E-state index contributed by atoms with van der Waals surface area (Å²) in [5, 5.41) is 0.759. The van der Waals surface area contributed by atoms with Crippen LogP contribution in [0.5, 0.6) is 0 Å². The molecule has 1 heterocycles. The molecule has 0 N–H and O–H groups in total. The van der Waals surface area contributed by atoms with Crippen molar-refractivity contribution in [3.63, 3.8) is 0 Å². The van der Waals surface area contributed by atoms with E-state index >= 15 is 0 Å². The van der Waals surface area contributed by atoms with Crippen molar-refractivity contribution in [1.82, 2.24) is 0 Å². The van der Waals surface area contributed by atoms with Crippen molar-refractivity contribution >= 4 is 17.3 Å². The zero-order valence-corrected chi connectivity index (χ0v) is 10.1. The molecule has 1 fully saturated rings. The third-order valence-electron chi connectivity index (χ3n) is 2.63. The number of ether oxygens (including phenoxy) is 2. The number of likely N-dealkylation sites (N-methyl/N-ethyl adjacent to an activating group) is 1. The molecular weight excluding hydrogens is 226 g/mol. The van der Waals surface area contributed by atoms with Crippen LogP contribution in [0.4, 0.5) is 5.69 Å². The molecule has 0 aromatic heterocycles. The van der Waals surface area contributed by atoms with Crippen LogP contribution >= 0.6 is 11.6 Å². The smallest absolute Gasteiger partial charge is 0.0983 e. The summed E-state index contributed by atoms with van der Waals surface area (Å²) >= 11 is 5.85. The van der Waals surface area contributed by atoms with Crippen molar-refractivity contribution in [2.45, 2.75) is 6.10 Å². The Balaban J connectivity index is 1.91. The summed E-state index contributed by atoms with van der Waals surface area (Å²) in [5.74, 6) is 0. The third-order valence-corrected chi connectivity index (χ3v) is 2.88. The summed E-state index contributed by atoms with van der Waals surface area (Å²) in [6, 6.07) is 7.80. The second-order valence-electron chi connectivity index (χ2n) is 3.92. The van der Waals surface area contributed by atoms with Gasteiger partial charge in [0.15, 0.2) is 0 Å². The number of halogens is 1. The summed E-state index contributed by atoms with van der Waals surface area (Å²) in [6.07, 6.45) is 0.162. The van der Waals surface area contributed by atoms with Crippen LogP contribution in [0.3, 0.4) is 0 Å². The van der Waals surface area contributed by atoms with E-state index in [-0.39, 0.29) is 6.10 Å². The molecule has 0 bridgehead atoms. The van der Waals surface area contributed by atoms with Crippen LogP contribution in [0.2, 0.25) is 5.02 Å². The van der Waals surface area contributed by atoms with Crippen LogP contribution in [-0.4, -0.2) is 39.5 Å². The van der Waals surface area contributed by atoms with E-state index in [1.807, 2.05) is 31.3 Å². The summed E-state index contributed by atoms with van der Waals surface area (Å²) in [6.45, 7) is 2.92. The van der Waals surface area contributed by atoms with Crippen LogP contribution in [0.25, 0.3) is 0 Å². The van der Waals surface area contributed by atoms with Gasteiger partial charge in [-0.25, -0.2) is 0 Å². The molecule has 1 aliphatic rings. The van der Waals surface area contributed by atoms with Gasteiger partial charge >= 0.3 is 0 Å². The Labute approximate surface area is 101 Å². The molecule has 88 valence electrons. The predicted molar refractivity (Wildman–Crippen MR) is 65.3 cm³/mol. The first kappa shape index (κ1) is 11.7. The van der Waals surface area contributed by atoms with Gasteiger partial charge in [-0.2, -0.15) is 0 Å². The highest BCUT2D eigenvalue weighted by molar-refractivity contribution is 6.30. The summed E-state index contributed by atoms with van der Waals surface area (Å²) in [5.41, 5.74) is 1.14. The molecule has 4 heteroatoms. The number of hydrogen-bond donors (Lipinski definition) is 0. The first-order valence-electron chi connectivity index (χ1n) is 5.42. The Bertz CT molecular complexity index is 322. The van der Waals surface area contributed by atoms with E-state index in [4.69, 9.17) is 21.1 Å². The van der Waals surface area contributed by atoms with E-state index in [9.17, 15) is 0 Å². The second-order valence-corrected chi connectivity index (χ2v) is 4.36. The summed E-state index contributed by atoms with van der Waals surface area (Å²) in [7, 11) is 2.04. The molecule has 1 atom stereocenters. The van der Waals surface area contributed by atoms with Crippen molar-refractivity contribution in [2.75, 3.05) is 38.3 Å². The molecule has 0 amide bonds. The lowest BCUT2D eigenvalue weighted by Gasteiger charge is -2.28. The van der Waals surface area contributed by atoms with E-state index in [1.165, 1.54) is 0 Å². The Hall–Kier alpha value is -0.770. The van der Waals surface area contributed by atoms with Crippen molar-refractivity contribution < 1.29 is 9.47 Å². The molecule has 0 aliphatic carbocycles. The minimum atomic E-state index is 0.162. The van der Waals surface area contributed by atoms with E-state index in [0.717, 1.165) is 17.3 Å². The minimum Gasteiger partial charge on any atom is -0.376 e. The van der Waals surface area contributed by atoms with Gasteiger partial charge < -0.3 is 14.4 Å². The van der Waals surface area contributed by atoms with Gasteiger partial charge in [-0.1, -0.05) is 11.6 Å². The molecule has 2 rings (SSSR count). The molecule has 0 saturated carbocycles. The van der Waals surface area contributed by atoms with Gasteiger partial charge in [0.25, 0.3) is 0 Å². The Kier molecular flexibility index (Phi) is 4.04. The quantitative estimate of drug-likeness (QED) is 0.810. The summed E-state index contributed by atoms with van der Waals surface area (Å²) in [4.78, 5) is 2.15. The Morgan fingerprint density at radius 2 is 2.06 bits per heavy atom. The number of nitrogens with zero attached hydrogens (tertiary/aromatic N) is 1. The monoisotopic (exact) mass is 241 g/mol. The van der Waals surface area contributed by atoms with Crippen molar-refractivity contribution in [2.24, 2.45) is 0 Å². The number of anilines is 1. The van der Waals surface area contributed by atoms with Crippen LogP contribution < -0.4 is 4.90 Å². The average molecular weight is 242 g/mol. The van der Waals surface area contributed by atoms with E-state index < -0.39 is 0 Å². The van der Waals surface area contributed by atoms with Gasteiger partial charge in [-0.15, -0.1) is 0 Å². The molecule has 1 aliphatic heterocycles. The maximum Gasteiger partial charge on any atom is 0.0983 e. The first-order valence-corrected chi connectivity index (χ1v) is 5.79. The van der Waals surface area contributed by atoms with Crippen molar-refractivity contribution in [3.8, 4) is 0 Å². The molecular formula is C12H16ClNO2. The standard InChI is InChI=1S/C12H16ClNO2/c1-14(8-12-9-15-6-7-16-12)11-4-2-10(13)3-5-11/h2-5,12H,6-9H2,1H3/t12-/m1/s1. The van der Waals surface area contributed by atoms with Crippen LogP contribution in [0.15, 0.2) is 24.3 Å². The van der Waals surface area contributed by atoms with Gasteiger partial charge in [0, 0.05) is 24.3 Å². The second kappa shape index (κ2) is 5.53. The molecule has 3 nitrogen and oxygen atoms in total. The SMILES string of the molecule is CN(C[C@@H]1COCCO1)c1ccc(Cl)cc1. The maximum absolute atomic E-state index is 5.85. The lowest BCUT2D eigenvalue weighted by molar-refractivity contribution is -0.0837. The highest BCUT2D eigenvalue weighted by Gasteiger charge is 2.16. The summed E-state index contributed by atoms with van der Waals surface area (Å²) < 4.78 is 11.0. The predicted octanol–water partition coefficient (Wildman–Crippen LogP) is 2.19. The van der Waals surface area contributed by atoms with Crippen LogP contribution in [0, 0.1) is 0 Å². The van der Waals surface area contributed by atoms with E-state index in [2.05, 4.69) is 4.90 Å². The lowest BCUT2D eigenvalue weighted by atomic mass is 10.2. The van der Waals surface area contributed by atoms with Crippen LogP contribution in [0.1, 0.15) is 0 Å². The average Bonchev–Trinajstić information content (AvgIpc) is 2.31. The van der Waals surface area contributed by atoms with Gasteiger partial charge in [-0.05, 0) is 24.3 Å². The Morgan fingerprint density at radius 1 is 1.31 bits per heavy atom. The fraction of sp³-hybridized carbons (Fsp3) is 0.500. The van der Waals surface area contributed by atoms with E-state index in [0.29, 0.717) is 19.8 Å². The van der Waals surface area contributed by atoms with Crippen LogP contribution in [-0.2, 0) is 9.47 Å². The minimum absolute atomic E-state index is 0.162. The molecule has 0 spiro atoms. The van der Waals surface area contributed by atoms with Gasteiger partial charge in [0.1, 0.15) is 0 Å². The molecule has 1 saturated heterocycles. The number of rotatable bonds is 3. The largest absolute Gasteiger partial charge is 0.376 e. The topological polar surface area (TPSA) is 21.7 Å². The van der Waals surface area contributed by atoms with Gasteiger partial charge in [0.2, 0.25) is 0 Å². The third kappa shape index (κ3) is 3.11. The highest BCUT2D eigenvalue weighted by Crippen LogP contribution is 2.17. The Morgan fingerprint density at radius 3 is 2.69 bits per heavy atom. The zero-order chi connectivity index (χ0) is 11.4. The van der Waals surface area contributed by atoms with Crippen molar-refractivity contribution in [1.29, 1.82) is 0 Å².